The number of hydrogen-bond donors (Lipinski definition) is 2. The van der Waals surface area contributed by atoms with Crippen molar-refractivity contribution in [3.8, 4) is 0 Å². The van der Waals surface area contributed by atoms with Gasteiger partial charge in [-0.05, 0) is 23.8 Å². The highest BCUT2D eigenvalue weighted by molar-refractivity contribution is 6.42. The van der Waals surface area contributed by atoms with Gasteiger partial charge in [-0.2, -0.15) is 0 Å². The minimum absolute atomic E-state index is 0.126. The molecule has 0 spiro atoms. The molecule has 0 bridgehead atoms. The molecule has 0 aliphatic heterocycles. The van der Waals surface area contributed by atoms with Gasteiger partial charge in [-0.15, -0.1) is 0 Å². The Bertz CT molecular complexity index is 811. The predicted molar refractivity (Wildman–Crippen MR) is 85.9 cm³/mol. The molecular weight excluding hydrogens is 307 g/mol. The second-order valence-electron chi connectivity index (χ2n) is 4.68. The molecule has 106 valence electrons. The Hall–Kier alpha value is -1.97. The van der Waals surface area contributed by atoms with Gasteiger partial charge in [0.1, 0.15) is 0 Å². The maximum Gasteiger partial charge on any atom is 0.253 e. The molecule has 0 radical (unpaired) electrons. The van der Waals surface area contributed by atoms with E-state index in [4.69, 9.17) is 23.2 Å². The molecule has 0 atom stereocenters. The fourth-order valence-electron chi connectivity index (χ4n) is 2.19. The number of H-pyrrole nitrogens is 1. The van der Waals surface area contributed by atoms with Crippen molar-refractivity contribution in [3.63, 3.8) is 0 Å². The average Bonchev–Trinajstić information content (AvgIpc) is 2.92. The predicted octanol–water partition coefficient (Wildman–Crippen LogP) is 4.40. The maximum absolute atomic E-state index is 12.3. The van der Waals surface area contributed by atoms with Crippen LogP contribution in [0.1, 0.15) is 15.9 Å². The van der Waals surface area contributed by atoms with E-state index in [-0.39, 0.29) is 5.91 Å². The minimum atomic E-state index is -0.126. The molecule has 0 aliphatic rings. The van der Waals surface area contributed by atoms with Gasteiger partial charge in [-0.1, -0.05) is 47.5 Å². The maximum atomic E-state index is 12.3. The van der Waals surface area contributed by atoms with Crippen LogP contribution >= 0.6 is 23.2 Å². The lowest BCUT2D eigenvalue weighted by molar-refractivity contribution is 0.0952. The third kappa shape index (κ3) is 2.89. The van der Waals surface area contributed by atoms with Crippen molar-refractivity contribution in [3.05, 3.63) is 69.8 Å². The summed E-state index contributed by atoms with van der Waals surface area (Å²) in [7, 11) is 0. The van der Waals surface area contributed by atoms with Crippen LogP contribution in [0.15, 0.2) is 48.7 Å². The molecule has 0 saturated carbocycles. The molecule has 3 nitrogen and oxygen atoms in total. The van der Waals surface area contributed by atoms with Crippen molar-refractivity contribution in [2.75, 3.05) is 0 Å². The van der Waals surface area contributed by atoms with Crippen molar-refractivity contribution >= 4 is 40.0 Å². The number of carbonyl (C=O) groups is 1. The Kier molecular flexibility index (Phi) is 3.86. The van der Waals surface area contributed by atoms with Gasteiger partial charge in [0.05, 0.1) is 15.6 Å². The van der Waals surface area contributed by atoms with Crippen LogP contribution in [0.4, 0.5) is 0 Å². The molecule has 21 heavy (non-hydrogen) atoms. The SMILES string of the molecule is O=C(NCc1ccc(Cl)c(Cl)c1)c1c[nH]c2ccccc12. The quantitative estimate of drug-likeness (QED) is 0.738. The fraction of sp³-hybridized carbons (Fsp3) is 0.0625. The normalized spacial score (nSPS) is 10.8. The van der Waals surface area contributed by atoms with E-state index in [1.54, 1.807) is 18.3 Å². The smallest absolute Gasteiger partial charge is 0.253 e. The van der Waals surface area contributed by atoms with Crippen LogP contribution in [0.25, 0.3) is 10.9 Å². The number of halogens is 2. The standard InChI is InChI=1S/C16H12Cl2N2O/c17-13-6-5-10(7-14(13)18)8-20-16(21)12-9-19-15-4-2-1-3-11(12)15/h1-7,9,19H,8H2,(H,20,21). The number of hydrogen-bond acceptors (Lipinski definition) is 1. The van der Waals surface area contributed by atoms with Gasteiger partial charge in [0.15, 0.2) is 0 Å². The molecule has 5 heteroatoms. The Morgan fingerprint density at radius 3 is 2.71 bits per heavy atom. The van der Waals surface area contributed by atoms with E-state index >= 15 is 0 Å². The van der Waals surface area contributed by atoms with Gasteiger partial charge in [-0.25, -0.2) is 0 Å². The van der Waals surface area contributed by atoms with Crippen LogP contribution in [0.2, 0.25) is 10.0 Å². The fourth-order valence-corrected chi connectivity index (χ4v) is 2.51. The average molecular weight is 319 g/mol. The largest absolute Gasteiger partial charge is 0.360 e. The molecule has 0 aliphatic carbocycles. The second kappa shape index (κ2) is 5.80. The monoisotopic (exact) mass is 318 g/mol. The van der Waals surface area contributed by atoms with Crippen molar-refractivity contribution in [1.29, 1.82) is 0 Å². The minimum Gasteiger partial charge on any atom is -0.360 e. The van der Waals surface area contributed by atoms with Gasteiger partial charge in [0.25, 0.3) is 5.91 Å². The zero-order valence-corrected chi connectivity index (χ0v) is 12.5. The van der Waals surface area contributed by atoms with Crippen LogP contribution in [0.5, 0.6) is 0 Å². The van der Waals surface area contributed by atoms with Gasteiger partial charge in [0, 0.05) is 23.6 Å². The number of carbonyl (C=O) groups excluding carboxylic acids is 1. The van der Waals surface area contributed by atoms with Crippen LogP contribution in [0, 0.1) is 0 Å². The van der Waals surface area contributed by atoms with Crippen molar-refractivity contribution < 1.29 is 4.79 Å². The van der Waals surface area contributed by atoms with Crippen molar-refractivity contribution in [2.24, 2.45) is 0 Å². The summed E-state index contributed by atoms with van der Waals surface area (Å²) in [4.78, 5) is 15.3. The van der Waals surface area contributed by atoms with E-state index in [9.17, 15) is 4.79 Å². The summed E-state index contributed by atoms with van der Waals surface area (Å²) in [5.74, 6) is -0.126. The molecule has 2 aromatic carbocycles. The number of aromatic amines is 1. The first-order valence-corrected chi connectivity index (χ1v) is 7.19. The molecule has 3 aromatic rings. The van der Waals surface area contributed by atoms with Gasteiger partial charge >= 0.3 is 0 Å². The zero-order chi connectivity index (χ0) is 14.8. The first kappa shape index (κ1) is 14.0. The third-order valence-corrected chi connectivity index (χ3v) is 4.01. The van der Waals surface area contributed by atoms with Crippen LogP contribution in [-0.4, -0.2) is 10.9 Å². The van der Waals surface area contributed by atoms with E-state index in [0.717, 1.165) is 16.5 Å². The summed E-state index contributed by atoms with van der Waals surface area (Å²) in [6, 6.07) is 13.0. The summed E-state index contributed by atoms with van der Waals surface area (Å²) in [5, 5.41) is 4.77. The summed E-state index contributed by atoms with van der Waals surface area (Å²) < 4.78 is 0. The van der Waals surface area contributed by atoms with Crippen LogP contribution in [0.3, 0.4) is 0 Å². The summed E-state index contributed by atoms with van der Waals surface area (Å²) in [6.45, 7) is 0.398. The van der Waals surface area contributed by atoms with E-state index in [2.05, 4.69) is 10.3 Å². The lowest BCUT2D eigenvalue weighted by Crippen LogP contribution is -2.22. The van der Waals surface area contributed by atoms with Gasteiger partial charge in [0.2, 0.25) is 0 Å². The van der Waals surface area contributed by atoms with Crippen LogP contribution < -0.4 is 5.32 Å². The number of para-hydroxylation sites is 1. The molecule has 2 N–H and O–H groups in total. The van der Waals surface area contributed by atoms with Crippen LogP contribution in [-0.2, 0) is 6.54 Å². The second-order valence-corrected chi connectivity index (χ2v) is 5.49. The Morgan fingerprint density at radius 1 is 1.10 bits per heavy atom. The van der Waals surface area contributed by atoms with Crippen molar-refractivity contribution in [2.45, 2.75) is 6.54 Å². The number of fused-ring (bicyclic) bond motifs is 1. The first-order valence-electron chi connectivity index (χ1n) is 6.43. The van der Waals surface area contributed by atoms with Gasteiger partial charge in [-0.3, -0.25) is 4.79 Å². The number of amides is 1. The topological polar surface area (TPSA) is 44.9 Å². The van der Waals surface area contributed by atoms with E-state index in [1.165, 1.54) is 0 Å². The third-order valence-electron chi connectivity index (χ3n) is 3.27. The molecule has 1 heterocycles. The van der Waals surface area contributed by atoms with E-state index in [1.807, 2.05) is 30.3 Å². The molecule has 0 saturated heterocycles. The molecule has 0 unspecified atom stereocenters. The number of rotatable bonds is 3. The zero-order valence-electron chi connectivity index (χ0n) is 11.0. The lowest BCUT2D eigenvalue weighted by atomic mass is 10.1. The molecule has 1 aromatic heterocycles. The molecule has 0 fully saturated rings. The lowest BCUT2D eigenvalue weighted by Gasteiger charge is -2.06. The Labute approximate surface area is 131 Å². The molecule has 1 amide bonds. The first-order chi connectivity index (χ1) is 10.1. The highest BCUT2D eigenvalue weighted by Gasteiger charge is 2.11. The summed E-state index contributed by atoms with van der Waals surface area (Å²) in [5.41, 5.74) is 2.47. The highest BCUT2D eigenvalue weighted by Crippen LogP contribution is 2.22. The Morgan fingerprint density at radius 2 is 1.90 bits per heavy atom. The number of nitrogens with one attached hydrogen (secondary N) is 2. The van der Waals surface area contributed by atoms with E-state index < -0.39 is 0 Å². The van der Waals surface area contributed by atoms with E-state index in [0.29, 0.717) is 22.2 Å². The Balaban J connectivity index is 1.76. The molecular formula is C16H12Cl2N2O. The summed E-state index contributed by atoms with van der Waals surface area (Å²) >= 11 is 11.8. The number of benzene rings is 2. The van der Waals surface area contributed by atoms with Gasteiger partial charge < -0.3 is 10.3 Å². The summed E-state index contributed by atoms with van der Waals surface area (Å²) in [6.07, 6.45) is 1.72. The highest BCUT2D eigenvalue weighted by atomic mass is 35.5. The van der Waals surface area contributed by atoms with Crippen molar-refractivity contribution in [1.82, 2.24) is 10.3 Å². The molecule has 3 rings (SSSR count). The number of aromatic nitrogens is 1.